The number of non-ortho nitro benzene ring substituents is 1. The summed E-state index contributed by atoms with van der Waals surface area (Å²) in [6, 6.07) is 3.55. The van der Waals surface area contributed by atoms with Gasteiger partial charge in [0.25, 0.3) is 5.69 Å². The monoisotopic (exact) mass is 239 g/mol. The standard InChI is InChI=1S/C11H14FN3O2/c1-11(2-3-13-7-11)14-9-4-8(12)5-10(6-9)15(16)17/h4-6,13-14H,2-3,7H2,1H3. The maximum absolute atomic E-state index is 13.2. The zero-order valence-corrected chi connectivity index (χ0v) is 9.50. The average Bonchev–Trinajstić information content (AvgIpc) is 2.63. The predicted octanol–water partition coefficient (Wildman–Crippen LogP) is 1.90. The maximum atomic E-state index is 13.2. The summed E-state index contributed by atoms with van der Waals surface area (Å²) in [5.74, 6) is -0.601. The van der Waals surface area contributed by atoms with Crippen LogP contribution in [-0.4, -0.2) is 23.6 Å². The van der Waals surface area contributed by atoms with Gasteiger partial charge in [-0.05, 0) is 26.0 Å². The molecule has 0 spiro atoms. The number of nitro benzene ring substituents is 1. The largest absolute Gasteiger partial charge is 0.378 e. The molecule has 0 saturated carbocycles. The van der Waals surface area contributed by atoms with E-state index in [-0.39, 0.29) is 11.2 Å². The van der Waals surface area contributed by atoms with E-state index >= 15 is 0 Å². The van der Waals surface area contributed by atoms with Gasteiger partial charge in [0.05, 0.1) is 11.0 Å². The van der Waals surface area contributed by atoms with Gasteiger partial charge in [-0.15, -0.1) is 0 Å². The highest BCUT2D eigenvalue weighted by molar-refractivity contribution is 5.53. The zero-order valence-electron chi connectivity index (χ0n) is 9.50. The molecule has 1 aromatic rings. The molecule has 1 aliphatic heterocycles. The van der Waals surface area contributed by atoms with Crippen molar-refractivity contribution in [3.8, 4) is 0 Å². The van der Waals surface area contributed by atoms with Crippen LogP contribution in [0.1, 0.15) is 13.3 Å². The molecule has 0 bridgehead atoms. The fourth-order valence-electron chi connectivity index (χ4n) is 2.02. The normalized spacial score (nSPS) is 23.6. The van der Waals surface area contributed by atoms with Gasteiger partial charge in [0.1, 0.15) is 5.82 Å². The lowest BCUT2D eigenvalue weighted by atomic mass is 10.0. The number of rotatable bonds is 3. The van der Waals surface area contributed by atoms with Gasteiger partial charge in [-0.1, -0.05) is 0 Å². The second kappa shape index (κ2) is 4.29. The van der Waals surface area contributed by atoms with Crippen LogP contribution in [-0.2, 0) is 0 Å². The first-order valence-corrected chi connectivity index (χ1v) is 5.42. The minimum absolute atomic E-state index is 0.179. The van der Waals surface area contributed by atoms with Crippen molar-refractivity contribution in [3.05, 3.63) is 34.1 Å². The summed E-state index contributed by atoms with van der Waals surface area (Å²) in [6.45, 7) is 3.65. The van der Waals surface area contributed by atoms with Crippen LogP contribution in [0.25, 0.3) is 0 Å². The van der Waals surface area contributed by atoms with Gasteiger partial charge in [-0.2, -0.15) is 0 Å². The van der Waals surface area contributed by atoms with Crippen LogP contribution in [0, 0.1) is 15.9 Å². The Labute approximate surface area is 98.2 Å². The molecule has 0 radical (unpaired) electrons. The van der Waals surface area contributed by atoms with Crippen LogP contribution in [0.2, 0.25) is 0 Å². The van der Waals surface area contributed by atoms with E-state index in [4.69, 9.17) is 0 Å². The molecule has 0 aliphatic carbocycles. The van der Waals surface area contributed by atoms with Crippen LogP contribution < -0.4 is 10.6 Å². The Balaban J connectivity index is 2.23. The highest BCUT2D eigenvalue weighted by Gasteiger charge is 2.28. The molecular weight excluding hydrogens is 225 g/mol. The van der Waals surface area contributed by atoms with Crippen molar-refractivity contribution in [2.75, 3.05) is 18.4 Å². The first-order chi connectivity index (χ1) is 7.98. The molecule has 1 saturated heterocycles. The van der Waals surface area contributed by atoms with Gasteiger partial charge < -0.3 is 10.6 Å². The van der Waals surface area contributed by atoms with Gasteiger partial charge in [-0.3, -0.25) is 10.1 Å². The molecule has 1 unspecified atom stereocenters. The predicted molar refractivity (Wildman–Crippen MR) is 62.6 cm³/mol. The summed E-state index contributed by atoms with van der Waals surface area (Å²) in [5, 5.41) is 17.0. The van der Waals surface area contributed by atoms with E-state index in [1.54, 1.807) is 0 Å². The lowest BCUT2D eigenvalue weighted by Gasteiger charge is -2.25. The highest BCUT2D eigenvalue weighted by Crippen LogP contribution is 2.25. The SMILES string of the molecule is CC1(Nc2cc(F)cc([N+](=O)[O-])c2)CCNC1. The number of hydrogen-bond donors (Lipinski definition) is 2. The summed E-state index contributed by atoms with van der Waals surface area (Å²) < 4.78 is 13.2. The van der Waals surface area contributed by atoms with E-state index in [0.29, 0.717) is 5.69 Å². The number of hydrogen-bond acceptors (Lipinski definition) is 4. The third kappa shape index (κ3) is 2.71. The lowest BCUT2D eigenvalue weighted by molar-refractivity contribution is -0.385. The second-order valence-electron chi connectivity index (χ2n) is 4.57. The minimum atomic E-state index is -0.601. The number of halogens is 1. The highest BCUT2D eigenvalue weighted by atomic mass is 19.1. The van der Waals surface area contributed by atoms with Crippen molar-refractivity contribution >= 4 is 11.4 Å². The van der Waals surface area contributed by atoms with Crippen molar-refractivity contribution in [2.45, 2.75) is 18.9 Å². The summed E-state index contributed by atoms with van der Waals surface area (Å²) in [6.07, 6.45) is 0.900. The number of benzene rings is 1. The van der Waals surface area contributed by atoms with Crippen molar-refractivity contribution < 1.29 is 9.31 Å². The zero-order chi connectivity index (χ0) is 12.5. The maximum Gasteiger partial charge on any atom is 0.274 e. The van der Waals surface area contributed by atoms with Crippen molar-refractivity contribution in [1.29, 1.82) is 0 Å². The fraction of sp³-hybridized carbons (Fsp3) is 0.455. The van der Waals surface area contributed by atoms with Crippen molar-refractivity contribution in [3.63, 3.8) is 0 Å². The number of nitro groups is 1. The fourth-order valence-corrected chi connectivity index (χ4v) is 2.02. The Morgan fingerprint density at radius 2 is 2.29 bits per heavy atom. The van der Waals surface area contributed by atoms with Crippen molar-refractivity contribution in [1.82, 2.24) is 5.32 Å². The molecule has 1 aromatic carbocycles. The molecule has 6 heteroatoms. The van der Waals surface area contributed by atoms with E-state index in [9.17, 15) is 14.5 Å². The summed E-state index contributed by atoms with van der Waals surface area (Å²) in [5.41, 5.74) is 0.0340. The first-order valence-electron chi connectivity index (χ1n) is 5.42. The first kappa shape index (κ1) is 11.8. The molecule has 1 atom stereocenters. The van der Waals surface area contributed by atoms with Gasteiger partial charge >= 0.3 is 0 Å². The van der Waals surface area contributed by atoms with Crippen LogP contribution in [0.4, 0.5) is 15.8 Å². The van der Waals surface area contributed by atoms with Crippen molar-refractivity contribution in [2.24, 2.45) is 0 Å². The van der Waals surface area contributed by atoms with E-state index in [1.165, 1.54) is 12.1 Å². The number of anilines is 1. The Bertz CT molecular complexity index is 444. The second-order valence-corrected chi connectivity index (χ2v) is 4.57. The van der Waals surface area contributed by atoms with Crippen LogP contribution in [0.15, 0.2) is 18.2 Å². The number of nitrogens with zero attached hydrogens (tertiary/aromatic N) is 1. The lowest BCUT2D eigenvalue weighted by Crippen LogP contribution is -2.36. The van der Waals surface area contributed by atoms with E-state index in [2.05, 4.69) is 10.6 Å². The number of nitrogens with one attached hydrogen (secondary N) is 2. The summed E-state index contributed by atoms with van der Waals surface area (Å²) in [7, 11) is 0. The Hall–Kier alpha value is -1.69. The molecule has 92 valence electrons. The summed E-state index contributed by atoms with van der Waals surface area (Å²) in [4.78, 5) is 10.0. The quantitative estimate of drug-likeness (QED) is 0.624. The van der Waals surface area contributed by atoms with Crippen LogP contribution >= 0.6 is 0 Å². The van der Waals surface area contributed by atoms with Crippen LogP contribution in [0.3, 0.4) is 0 Å². The van der Waals surface area contributed by atoms with Gasteiger partial charge in [0, 0.05) is 23.8 Å². The van der Waals surface area contributed by atoms with Crippen LogP contribution in [0.5, 0.6) is 0 Å². The molecule has 1 fully saturated rings. The molecule has 5 nitrogen and oxygen atoms in total. The molecular formula is C11H14FN3O2. The molecule has 1 heterocycles. The van der Waals surface area contributed by atoms with E-state index in [0.717, 1.165) is 25.6 Å². The minimum Gasteiger partial charge on any atom is -0.378 e. The molecule has 0 amide bonds. The van der Waals surface area contributed by atoms with Gasteiger partial charge in [-0.25, -0.2) is 4.39 Å². The summed E-state index contributed by atoms with van der Waals surface area (Å²) >= 11 is 0. The molecule has 17 heavy (non-hydrogen) atoms. The van der Waals surface area contributed by atoms with Gasteiger partial charge in [0.15, 0.2) is 0 Å². The Morgan fingerprint density at radius 1 is 1.53 bits per heavy atom. The van der Waals surface area contributed by atoms with Gasteiger partial charge in [0.2, 0.25) is 0 Å². The third-order valence-corrected chi connectivity index (χ3v) is 2.91. The molecule has 2 rings (SSSR count). The van der Waals surface area contributed by atoms with E-state index < -0.39 is 10.7 Å². The third-order valence-electron chi connectivity index (χ3n) is 2.91. The molecule has 0 aromatic heterocycles. The molecule has 1 aliphatic rings. The smallest absolute Gasteiger partial charge is 0.274 e. The Morgan fingerprint density at radius 3 is 2.88 bits per heavy atom. The van der Waals surface area contributed by atoms with E-state index in [1.807, 2.05) is 6.92 Å². The Kier molecular flexibility index (Phi) is 2.97. The average molecular weight is 239 g/mol. The molecule has 2 N–H and O–H groups in total. The topological polar surface area (TPSA) is 67.2 Å².